The summed E-state index contributed by atoms with van der Waals surface area (Å²) in [7, 11) is 0. The average Bonchev–Trinajstić information content (AvgIpc) is 3.70. The highest BCUT2D eigenvalue weighted by Crippen LogP contribution is 2.59. The molecule has 0 bridgehead atoms. The second-order valence-corrected chi connectivity index (χ2v) is 14.1. The van der Waals surface area contributed by atoms with Crippen LogP contribution in [0.25, 0.3) is 27.5 Å². The van der Waals surface area contributed by atoms with Crippen LogP contribution in [0, 0.1) is 5.92 Å². The van der Waals surface area contributed by atoms with E-state index in [9.17, 15) is 0 Å². The second-order valence-electron chi connectivity index (χ2n) is 14.1. The monoisotopic (exact) mass is 666 g/mol. The van der Waals surface area contributed by atoms with Gasteiger partial charge in [0.1, 0.15) is 0 Å². The van der Waals surface area contributed by atoms with E-state index in [0.717, 1.165) is 39.8 Å². The van der Waals surface area contributed by atoms with Gasteiger partial charge in [0.2, 0.25) is 0 Å². The van der Waals surface area contributed by atoms with Crippen molar-refractivity contribution in [3.8, 4) is 17.2 Å². The molecule has 3 nitrogen and oxygen atoms in total. The van der Waals surface area contributed by atoms with Crippen LogP contribution in [0.15, 0.2) is 194 Å². The molecule has 8 aromatic rings. The van der Waals surface area contributed by atoms with Gasteiger partial charge in [0, 0.05) is 34.0 Å². The summed E-state index contributed by atoms with van der Waals surface area (Å²) in [5, 5.41) is 2.36. The van der Waals surface area contributed by atoms with E-state index in [1.165, 1.54) is 38.5 Å². The number of rotatable bonds is 4. The molecule has 1 aliphatic heterocycles. The summed E-state index contributed by atoms with van der Waals surface area (Å²) in [5.74, 6) is 2.30. The fourth-order valence-electron chi connectivity index (χ4n) is 9.43. The third-order valence-corrected chi connectivity index (χ3v) is 11.5. The molecule has 7 aromatic carbocycles. The molecule has 0 fully saturated rings. The van der Waals surface area contributed by atoms with Gasteiger partial charge >= 0.3 is 0 Å². The Balaban J connectivity index is 1.13. The first-order chi connectivity index (χ1) is 25.8. The van der Waals surface area contributed by atoms with Crippen molar-refractivity contribution >= 4 is 38.9 Å². The van der Waals surface area contributed by atoms with E-state index in [0.29, 0.717) is 5.92 Å². The van der Waals surface area contributed by atoms with E-state index in [2.05, 4.69) is 198 Å². The normalized spacial score (nSPS) is 19.6. The van der Waals surface area contributed by atoms with E-state index >= 15 is 0 Å². The van der Waals surface area contributed by atoms with Gasteiger partial charge in [-0.2, -0.15) is 0 Å². The summed E-state index contributed by atoms with van der Waals surface area (Å²) >= 11 is 0. The average molecular weight is 667 g/mol. The van der Waals surface area contributed by atoms with Crippen molar-refractivity contribution in [3.05, 3.63) is 216 Å². The number of anilines is 3. The van der Waals surface area contributed by atoms with Crippen LogP contribution in [0.5, 0.6) is 11.5 Å². The van der Waals surface area contributed by atoms with Crippen molar-refractivity contribution < 1.29 is 4.74 Å². The number of aromatic nitrogens is 1. The number of para-hydroxylation sites is 4. The number of fused-ring (bicyclic) bond motifs is 8. The minimum absolute atomic E-state index is 0.273. The van der Waals surface area contributed by atoms with E-state index in [1.54, 1.807) is 0 Å². The number of allylic oxidation sites excluding steroid dienone is 4. The molecule has 0 saturated carbocycles. The zero-order valence-electron chi connectivity index (χ0n) is 28.4. The van der Waals surface area contributed by atoms with Crippen molar-refractivity contribution in [1.82, 2.24) is 4.57 Å². The first kappa shape index (κ1) is 29.2. The maximum Gasteiger partial charge on any atom is 0.152 e. The van der Waals surface area contributed by atoms with Crippen LogP contribution >= 0.6 is 0 Å². The highest BCUT2D eigenvalue weighted by molar-refractivity contribution is 6.11. The van der Waals surface area contributed by atoms with Gasteiger partial charge in [0.25, 0.3) is 0 Å². The number of nitrogens with zero attached hydrogens (tertiary/aromatic N) is 2. The largest absolute Gasteiger partial charge is 0.453 e. The molecular weight excluding hydrogens is 633 g/mol. The Morgan fingerprint density at radius 3 is 2.04 bits per heavy atom. The summed E-state index contributed by atoms with van der Waals surface area (Å²) in [5.41, 5.74) is 11.7. The topological polar surface area (TPSA) is 17.4 Å². The Bertz CT molecular complexity index is 2720. The summed E-state index contributed by atoms with van der Waals surface area (Å²) in [6.07, 6.45) is 9.27. The number of ether oxygens (including phenoxy) is 1. The third kappa shape index (κ3) is 4.02. The van der Waals surface area contributed by atoms with Gasteiger partial charge < -0.3 is 14.2 Å². The Labute approximate surface area is 303 Å². The molecule has 0 amide bonds. The number of benzene rings is 7. The predicted octanol–water partition coefficient (Wildman–Crippen LogP) is 12.5. The molecule has 3 aliphatic rings. The molecule has 0 saturated heterocycles. The zero-order valence-corrected chi connectivity index (χ0v) is 28.4. The molecule has 52 heavy (non-hydrogen) atoms. The molecular formula is C49H34N2O. The lowest BCUT2D eigenvalue weighted by Gasteiger charge is -2.39. The van der Waals surface area contributed by atoms with Crippen molar-refractivity contribution in [2.24, 2.45) is 5.92 Å². The molecule has 3 heteroatoms. The molecule has 11 rings (SSSR count). The molecule has 0 spiro atoms. The molecule has 246 valence electrons. The van der Waals surface area contributed by atoms with Gasteiger partial charge in [-0.15, -0.1) is 0 Å². The van der Waals surface area contributed by atoms with Crippen LogP contribution in [0.3, 0.4) is 0 Å². The standard InChI is InChI=1S/C49H34N2O/c1-3-15-33(16-4-1)49(41-22-10-7-19-37(41)38-20-8-11-23-42(38)49)34-27-29-36(30-28-34)50-43-24-12-9-21-39(43)40-31-48-46(32-45(40)50)51(35-17-5-2-6-18-35)44-25-13-14-26-47(44)52-48/h1-32,37,41H. The summed E-state index contributed by atoms with van der Waals surface area (Å²) in [6, 6.07) is 61.7. The minimum Gasteiger partial charge on any atom is -0.453 e. The summed E-state index contributed by atoms with van der Waals surface area (Å²) in [4.78, 5) is 2.32. The molecule has 0 N–H and O–H groups in total. The lowest BCUT2D eigenvalue weighted by Crippen LogP contribution is -2.35. The van der Waals surface area contributed by atoms with Gasteiger partial charge in [0.15, 0.2) is 11.5 Å². The number of hydrogen-bond acceptors (Lipinski definition) is 2. The van der Waals surface area contributed by atoms with Crippen LogP contribution in [0.2, 0.25) is 0 Å². The Hall–Kier alpha value is -6.58. The maximum atomic E-state index is 6.64. The summed E-state index contributed by atoms with van der Waals surface area (Å²) < 4.78 is 9.06. The number of hydrogen-bond donors (Lipinski definition) is 0. The Morgan fingerprint density at radius 2 is 1.17 bits per heavy atom. The van der Waals surface area contributed by atoms with Crippen LogP contribution in [-0.2, 0) is 5.41 Å². The molecule has 0 radical (unpaired) electrons. The van der Waals surface area contributed by atoms with E-state index in [4.69, 9.17) is 4.74 Å². The van der Waals surface area contributed by atoms with Crippen molar-refractivity contribution in [1.29, 1.82) is 0 Å². The first-order valence-electron chi connectivity index (χ1n) is 18.1. The molecule has 3 unspecified atom stereocenters. The minimum atomic E-state index is -0.316. The van der Waals surface area contributed by atoms with Crippen molar-refractivity contribution in [2.45, 2.75) is 11.3 Å². The lowest BCUT2D eigenvalue weighted by atomic mass is 9.63. The van der Waals surface area contributed by atoms with Crippen LogP contribution in [0.4, 0.5) is 17.1 Å². The van der Waals surface area contributed by atoms with Crippen LogP contribution < -0.4 is 9.64 Å². The van der Waals surface area contributed by atoms with Crippen LogP contribution in [0.1, 0.15) is 28.2 Å². The second kappa shape index (κ2) is 11.2. The third-order valence-electron chi connectivity index (χ3n) is 11.5. The fraction of sp³-hybridized carbons (Fsp3) is 0.0612. The smallest absolute Gasteiger partial charge is 0.152 e. The van der Waals surface area contributed by atoms with E-state index < -0.39 is 0 Å². The maximum absolute atomic E-state index is 6.64. The van der Waals surface area contributed by atoms with Crippen molar-refractivity contribution in [3.63, 3.8) is 0 Å². The highest BCUT2D eigenvalue weighted by atomic mass is 16.5. The Morgan fingerprint density at radius 1 is 0.481 bits per heavy atom. The SMILES string of the molecule is C1=CC2c3ccccc3C(c3ccccc3)(c3ccc(-n4c5ccccc5c5cc6c(cc54)N(c4ccccc4)c4ccccc4O6)cc3)C2C=C1. The lowest BCUT2D eigenvalue weighted by molar-refractivity contribution is 0.456. The highest BCUT2D eigenvalue weighted by Gasteiger charge is 2.52. The van der Waals surface area contributed by atoms with Gasteiger partial charge in [-0.25, -0.2) is 0 Å². The first-order valence-corrected chi connectivity index (χ1v) is 18.1. The van der Waals surface area contributed by atoms with Gasteiger partial charge in [-0.05, 0) is 76.9 Å². The predicted molar refractivity (Wildman–Crippen MR) is 213 cm³/mol. The summed E-state index contributed by atoms with van der Waals surface area (Å²) in [6.45, 7) is 0. The molecule has 3 atom stereocenters. The quantitative estimate of drug-likeness (QED) is 0.186. The van der Waals surface area contributed by atoms with Crippen molar-refractivity contribution in [2.75, 3.05) is 4.90 Å². The van der Waals surface area contributed by atoms with Gasteiger partial charge in [0.05, 0.1) is 27.8 Å². The molecule has 2 aliphatic carbocycles. The molecule has 1 aromatic heterocycles. The Kier molecular flexibility index (Phi) is 6.29. The van der Waals surface area contributed by atoms with E-state index in [-0.39, 0.29) is 11.3 Å². The fourth-order valence-corrected chi connectivity index (χ4v) is 9.43. The molecule has 2 heterocycles. The van der Waals surface area contributed by atoms with E-state index in [1.807, 2.05) is 6.07 Å². The van der Waals surface area contributed by atoms with Gasteiger partial charge in [-0.3, -0.25) is 0 Å². The zero-order chi connectivity index (χ0) is 34.2. The van der Waals surface area contributed by atoms with Gasteiger partial charge in [-0.1, -0.05) is 140 Å². The van der Waals surface area contributed by atoms with Crippen LogP contribution in [-0.4, -0.2) is 4.57 Å².